The summed E-state index contributed by atoms with van der Waals surface area (Å²) in [6.45, 7) is 12.0. The third kappa shape index (κ3) is 5.27. The van der Waals surface area contributed by atoms with Gasteiger partial charge in [-0.3, -0.25) is 4.79 Å². The number of ether oxygens (including phenoxy) is 1. The molecule has 3 aromatic rings. The molecule has 7 heteroatoms. The van der Waals surface area contributed by atoms with Crippen LogP contribution in [0.3, 0.4) is 0 Å². The van der Waals surface area contributed by atoms with Crippen LogP contribution >= 0.6 is 11.6 Å². The van der Waals surface area contributed by atoms with Crippen molar-refractivity contribution >= 4 is 23.5 Å². The highest BCUT2D eigenvalue weighted by Crippen LogP contribution is 2.44. The van der Waals surface area contributed by atoms with Crippen LogP contribution in [0.2, 0.25) is 5.02 Å². The van der Waals surface area contributed by atoms with Gasteiger partial charge in [0.1, 0.15) is 5.82 Å². The molecule has 5 nitrogen and oxygen atoms in total. The standard InChI is InChI=1S/C30H31ClFNO4/c1-16-7-9-19(10-8-16)25-17(2)21-14-33(28(34)20-11-12-24(32)23(31)13-20)15-22(21)18(3)26(25)27(29(35)36)37-30(4,5)6/h7-13,27H,14-15H2,1-6H3,(H,35,36). The number of amides is 1. The molecular weight excluding hydrogens is 493 g/mol. The fourth-order valence-corrected chi connectivity index (χ4v) is 5.16. The molecule has 0 radical (unpaired) electrons. The van der Waals surface area contributed by atoms with Crippen molar-refractivity contribution in [2.75, 3.05) is 0 Å². The van der Waals surface area contributed by atoms with Gasteiger partial charge in [-0.15, -0.1) is 0 Å². The molecule has 0 saturated carbocycles. The highest BCUT2D eigenvalue weighted by atomic mass is 35.5. The zero-order valence-electron chi connectivity index (χ0n) is 21.9. The van der Waals surface area contributed by atoms with Gasteiger partial charge < -0.3 is 14.7 Å². The minimum absolute atomic E-state index is 0.109. The van der Waals surface area contributed by atoms with Crippen molar-refractivity contribution in [3.05, 3.63) is 92.2 Å². The maximum Gasteiger partial charge on any atom is 0.337 e. The SMILES string of the molecule is Cc1ccc(-c2c(C)c3c(c(C)c2C(OC(C)(C)C)C(=O)O)CN(C(=O)c2ccc(F)c(Cl)c2)C3)cc1. The van der Waals surface area contributed by atoms with Crippen molar-refractivity contribution in [3.63, 3.8) is 0 Å². The largest absolute Gasteiger partial charge is 0.479 e. The molecule has 0 aliphatic carbocycles. The Morgan fingerprint density at radius 2 is 1.59 bits per heavy atom. The van der Waals surface area contributed by atoms with E-state index in [9.17, 15) is 19.1 Å². The van der Waals surface area contributed by atoms with Crippen LogP contribution in [0.4, 0.5) is 4.39 Å². The van der Waals surface area contributed by atoms with Crippen LogP contribution < -0.4 is 0 Å². The molecule has 0 bridgehead atoms. The van der Waals surface area contributed by atoms with Crippen molar-refractivity contribution in [3.8, 4) is 11.1 Å². The number of hydrogen-bond donors (Lipinski definition) is 1. The number of carbonyl (C=O) groups excluding carboxylic acids is 1. The lowest BCUT2D eigenvalue weighted by Gasteiger charge is -2.29. The number of benzene rings is 3. The smallest absolute Gasteiger partial charge is 0.337 e. The highest BCUT2D eigenvalue weighted by molar-refractivity contribution is 6.31. The topological polar surface area (TPSA) is 66.8 Å². The van der Waals surface area contributed by atoms with E-state index in [4.69, 9.17) is 16.3 Å². The second-order valence-corrected chi connectivity index (χ2v) is 11.0. The molecule has 37 heavy (non-hydrogen) atoms. The number of halogens is 2. The van der Waals surface area contributed by atoms with Crippen molar-refractivity contribution < 1.29 is 23.8 Å². The minimum atomic E-state index is -1.19. The number of fused-ring (bicyclic) bond motifs is 1. The Morgan fingerprint density at radius 1 is 1.00 bits per heavy atom. The molecule has 1 N–H and O–H groups in total. The first-order chi connectivity index (χ1) is 17.3. The summed E-state index contributed by atoms with van der Waals surface area (Å²) in [5, 5.41) is 10.2. The fourth-order valence-electron chi connectivity index (χ4n) is 4.98. The summed E-state index contributed by atoms with van der Waals surface area (Å²) >= 11 is 5.93. The maximum absolute atomic E-state index is 13.7. The lowest BCUT2D eigenvalue weighted by molar-refractivity contribution is -0.160. The van der Waals surface area contributed by atoms with Crippen molar-refractivity contribution in [2.45, 2.75) is 66.3 Å². The normalized spacial score (nSPS) is 14.0. The third-order valence-electron chi connectivity index (χ3n) is 6.77. The molecule has 4 rings (SSSR count). The van der Waals surface area contributed by atoms with Gasteiger partial charge in [0.05, 0.1) is 10.6 Å². The Kier molecular flexibility index (Phi) is 7.19. The monoisotopic (exact) mass is 523 g/mol. The van der Waals surface area contributed by atoms with E-state index >= 15 is 0 Å². The number of rotatable bonds is 5. The second-order valence-electron chi connectivity index (χ2n) is 10.6. The first kappa shape index (κ1) is 26.8. The third-order valence-corrected chi connectivity index (χ3v) is 7.06. The van der Waals surface area contributed by atoms with E-state index in [0.717, 1.165) is 38.9 Å². The van der Waals surface area contributed by atoms with E-state index in [0.29, 0.717) is 24.2 Å². The minimum Gasteiger partial charge on any atom is -0.479 e. The summed E-state index contributed by atoms with van der Waals surface area (Å²) in [7, 11) is 0. The van der Waals surface area contributed by atoms with Gasteiger partial charge in [0.25, 0.3) is 5.91 Å². The van der Waals surface area contributed by atoms with Gasteiger partial charge in [-0.25, -0.2) is 9.18 Å². The summed E-state index contributed by atoms with van der Waals surface area (Å²) in [4.78, 5) is 27.6. The van der Waals surface area contributed by atoms with Gasteiger partial charge in [0, 0.05) is 24.2 Å². The molecule has 0 saturated heterocycles. The molecule has 3 aromatic carbocycles. The number of carbonyl (C=O) groups is 2. The van der Waals surface area contributed by atoms with Gasteiger partial charge in [0.2, 0.25) is 0 Å². The van der Waals surface area contributed by atoms with Crippen LogP contribution in [0.15, 0.2) is 42.5 Å². The molecule has 1 amide bonds. The average molecular weight is 524 g/mol. The number of carboxylic acids is 1. The Morgan fingerprint density at radius 3 is 2.14 bits per heavy atom. The van der Waals surface area contributed by atoms with Crippen molar-refractivity contribution in [1.29, 1.82) is 0 Å². The number of hydrogen-bond acceptors (Lipinski definition) is 3. The molecule has 1 aliphatic rings. The second kappa shape index (κ2) is 9.92. The molecule has 1 aliphatic heterocycles. The van der Waals surface area contributed by atoms with E-state index in [2.05, 4.69) is 0 Å². The zero-order valence-corrected chi connectivity index (χ0v) is 22.7. The molecule has 194 valence electrons. The molecule has 0 spiro atoms. The average Bonchev–Trinajstić information content (AvgIpc) is 3.27. The number of nitrogens with zero attached hydrogens (tertiary/aromatic N) is 1. The Labute approximate surface area is 221 Å². The zero-order chi connectivity index (χ0) is 27.2. The van der Waals surface area contributed by atoms with E-state index < -0.39 is 23.5 Å². The van der Waals surface area contributed by atoms with E-state index in [1.165, 1.54) is 18.2 Å². The number of aliphatic carboxylic acids is 1. The number of carboxylic acid groups (broad SMARTS) is 1. The van der Waals surface area contributed by atoms with Crippen LogP contribution in [0, 0.1) is 26.6 Å². The van der Waals surface area contributed by atoms with Crippen LogP contribution in [0.1, 0.15) is 70.6 Å². The summed E-state index contributed by atoms with van der Waals surface area (Å²) < 4.78 is 19.8. The van der Waals surface area contributed by atoms with Crippen molar-refractivity contribution in [1.82, 2.24) is 4.90 Å². The van der Waals surface area contributed by atoms with E-state index in [-0.39, 0.29) is 10.9 Å². The predicted molar refractivity (Wildman–Crippen MR) is 142 cm³/mol. The quantitative estimate of drug-likeness (QED) is 0.385. The molecule has 1 heterocycles. The molecular formula is C30H31ClFNO4. The van der Waals surface area contributed by atoms with E-state index in [1.807, 2.05) is 65.8 Å². The molecule has 1 atom stereocenters. The van der Waals surface area contributed by atoms with E-state index in [1.54, 1.807) is 4.90 Å². The molecule has 1 unspecified atom stereocenters. The summed E-state index contributed by atoms with van der Waals surface area (Å²) in [6.07, 6.45) is -1.19. The Bertz CT molecular complexity index is 1390. The van der Waals surface area contributed by atoms with Crippen LogP contribution in [-0.4, -0.2) is 27.5 Å². The lowest BCUT2D eigenvalue weighted by Crippen LogP contribution is -2.28. The highest BCUT2D eigenvalue weighted by Gasteiger charge is 2.36. The van der Waals surface area contributed by atoms with Crippen LogP contribution in [0.5, 0.6) is 0 Å². The number of aryl methyl sites for hydroxylation is 1. The first-order valence-corrected chi connectivity index (χ1v) is 12.5. The summed E-state index contributed by atoms with van der Waals surface area (Å²) in [5.41, 5.74) is 6.60. The summed E-state index contributed by atoms with van der Waals surface area (Å²) in [6, 6.07) is 11.9. The lowest BCUT2D eigenvalue weighted by atomic mass is 9.83. The molecule has 0 fully saturated rings. The van der Waals surface area contributed by atoms with Crippen LogP contribution in [0.25, 0.3) is 11.1 Å². The predicted octanol–water partition coefficient (Wildman–Crippen LogP) is 7.17. The Hall–Kier alpha value is -3.22. The fraction of sp³-hybridized carbons (Fsp3) is 0.333. The first-order valence-electron chi connectivity index (χ1n) is 12.1. The van der Waals surface area contributed by atoms with Crippen LogP contribution in [-0.2, 0) is 22.6 Å². The maximum atomic E-state index is 13.7. The summed E-state index contributed by atoms with van der Waals surface area (Å²) in [5.74, 6) is -1.92. The van der Waals surface area contributed by atoms with Gasteiger partial charge >= 0.3 is 5.97 Å². The van der Waals surface area contributed by atoms with Gasteiger partial charge in [-0.05, 0) is 93.1 Å². The van der Waals surface area contributed by atoms with Gasteiger partial charge in [0.15, 0.2) is 6.10 Å². The van der Waals surface area contributed by atoms with Crippen molar-refractivity contribution in [2.24, 2.45) is 0 Å². The van der Waals surface area contributed by atoms with Gasteiger partial charge in [-0.1, -0.05) is 41.4 Å². The molecule has 0 aromatic heterocycles. The van der Waals surface area contributed by atoms with Gasteiger partial charge in [-0.2, -0.15) is 0 Å². The Balaban J connectivity index is 1.88.